The average Bonchev–Trinajstić information content (AvgIpc) is 2.42. The molecule has 0 aliphatic heterocycles. The van der Waals surface area contributed by atoms with Crippen molar-refractivity contribution in [3.05, 3.63) is 36.5 Å². The monoisotopic (exact) mass is 254 g/mol. The third-order valence-corrected chi connectivity index (χ3v) is 4.10. The van der Waals surface area contributed by atoms with E-state index in [1.807, 2.05) is 12.3 Å². The van der Waals surface area contributed by atoms with Gasteiger partial charge in [-0.15, -0.1) is 0 Å². The van der Waals surface area contributed by atoms with Gasteiger partial charge in [-0.3, -0.25) is 4.98 Å². The molecule has 2 heteroatoms. The first-order valence-electron chi connectivity index (χ1n) is 7.54. The third kappa shape index (κ3) is 3.06. The molecule has 1 saturated carbocycles. The summed E-state index contributed by atoms with van der Waals surface area (Å²) in [5.74, 6) is 0. The predicted molar refractivity (Wildman–Crippen MR) is 81.5 cm³/mol. The number of hydrogen-bond acceptors (Lipinski definition) is 2. The van der Waals surface area contributed by atoms with Crippen LogP contribution < -0.4 is 5.32 Å². The lowest BCUT2D eigenvalue weighted by Gasteiger charge is -2.22. The van der Waals surface area contributed by atoms with Gasteiger partial charge in [0.25, 0.3) is 0 Å². The molecule has 0 atom stereocenters. The molecule has 1 aromatic carbocycles. The van der Waals surface area contributed by atoms with E-state index in [0.717, 1.165) is 5.52 Å². The van der Waals surface area contributed by atoms with E-state index in [2.05, 4.69) is 34.6 Å². The Hall–Kier alpha value is -1.57. The van der Waals surface area contributed by atoms with Crippen LogP contribution in [-0.2, 0) is 0 Å². The molecule has 1 aliphatic carbocycles. The first kappa shape index (κ1) is 12.5. The molecule has 0 amide bonds. The number of benzene rings is 1. The molecular weight excluding hydrogens is 232 g/mol. The van der Waals surface area contributed by atoms with Gasteiger partial charge in [-0.2, -0.15) is 0 Å². The molecule has 1 fully saturated rings. The van der Waals surface area contributed by atoms with Crippen LogP contribution in [-0.4, -0.2) is 11.0 Å². The molecule has 1 N–H and O–H groups in total. The summed E-state index contributed by atoms with van der Waals surface area (Å²) in [4.78, 5) is 4.53. The SMILES string of the molecule is c1cnc2c(NC3CCCCCCC3)cccc2c1. The molecule has 0 spiro atoms. The summed E-state index contributed by atoms with van der Waals surface area (Å²) in [6.07, 6.45) is 11.4. The topological polar surface area (TPSA) is 24.9 Å². The van der Waals surface area contributed by atoms with Crippen molar-refractivity contribution in [3.63, 3.8) is 0 Å². The van der Waals surface area contributed by atoms with Crippen molar-refractivity contribution in [1.29, 1.82) is 0 Å². The van der Waals surface area contributed by atoms with E-state index in [9.17, 15) is 0 Å². The van der Waals surface area contributed by atoms with E-state index in [-0.39, 0.29) is 0 Å². The van der Waals surface area contributed by atoms with Crippen LogP contribution in [0.2, 0.25) is 0 Å². The van der Waals surface area contributed by atoms with E-state index < -0.39 is 0 Å². The highest BCUT2D eigenvalue weighted by Gasteiger charge is 2.12. The second-order valence-electron chi connectivity index (χ2n) is 5.57. The van der Waals surface area contributed by atoms with Gasteiger partial charge in [0.05, 0.1) is 11.2 Å². The van der Waals surface area contributed by atoms with Crippen molar-refractivity contribution in [1.82, 2.24) is 4.98 Å². The zero-order chi connectivity index (χ0) is 12.9. The number of para-hydroxylation sites is 1. The molecule has 0 unspecified atom stereocenters. The Kier molecular flexibility index (Phi) is 3.97. The summed E-state index contributed by atoms with van der Waals surface area (Å²) in [5.41, 5.74) is 2.30. The quantitative estimate of drug-likeness (QED) is 0.835. The summed E-state index contributed by atoms with van der Waals surface area (Å²) in [7, 11) is 0. The normalized spacial score (nSPS) is 17.9. The Morgan fingerprint density at radius 3 is 2.47 bits per heavy atom. The Morgan fingerprint density at radius 2 is 1.63 bits per heavy atom. The van der Waals surface area contributed by atoms with Crippen LogP contribution in [0.25, 0.3) is 10.9 Å². The highest BCUT2D eigenvalue weighted by atomic mass is 14.9. The van der Waals surface area contributed by atoms with Gasteiger partial charge in [0.1, 0.15) is 0 Å². The minimum atomic E-state index is 0.618. The molecule has 1 aromatic heterocycles. The largest absolute Gasteiger partial charge is 0.381 e. The molecule has 19 heavy (non-hydrogen) atoms. The maximum atomic E-state index is 4.53. The van der Waals surface area contributed by atoms with Crippen molar-refractivity contribution in [3.8, 4) is 0 Å². The Labute approximate surface area is 115 Å². The van der Waals surface area contributed by atoms with Crippen molar-refractivity contribution >= 4 is 16.6 Å². The Balaban J connectivity index is 1.80. The second kappa shape index (κ2) is 6.05. The number of nitrogens with zero attached hydrogens (tertiary/aromatic N) is 1. The van der Waals surface area contributed by atoms with Crippen LogP contribution in [0.5, 0.6) is 0 Å². The van der Waals surface area contributed by atoms with Gasteiger partial charge in [-0.05, 0) is 25.0 Å². The van der Waals surface area contributed by atoms with Crippen molar-refractivity contribution in [2.24, 2.45) is 0 Å². The highest BCUT2D eigenvalue weighted by molar-refractivity contribution is 5.90. The number of fused-ring (bicyclic) bond motifs is 1. The number of pyridine rings is 1. The summed E-state index contributed by atoms with van der Waals surface area (Å²) in [5, 5.41) is 4.95. The molecule has 100 valence electrons. The molecule has 3 rings (SSSR count). The summed E-state index contributed by atoms with van der Waals surface area (Å²) in [6.45, 7) is 0. The molecule has 0 bridgehead atoms. The summed E-state index contributed by atoms with van der Waals surface area (Å²) in [6, 6.07) is 11.2. The summed E-state index contributed by atoms with van der Waals surface area (Å²) >= 11 is 0. The lowest BCUT2D eigenvalue weighted by molar-refractivity contribution is 0.471. The van der Waals surface area contributed by atoms with Gasteiger partial charge < -0.3 is 5.32 Å². The number of aromatic nitrogens is 1. The molecule has 2 aromatic rings. The zero-order valence-electron chi connectivity index (χ0n) is 11.4. The number of hydrogen-bond donors (Lipinski definition) is 1. The summed E-state index contributed by atoms with van der Waals surface area (Å²) < 4.78 is 0. The minimum absolute atomic E-state index is 0.618. The molecule has 1 heterocycles. The molecule has 0 saturated heterocycles. The zero-order valence-corrected chi connectivity index (χ0v) is 11.4. The van der Waals surface area contributed by atoms with E-state index >= 15 is 0 Å². The molecule has 0 radical (unpaired) electrons. The highest BCUT2D eigenvalue weighted by Crippen LogP contribution is 2.25. The Morgan fingerprint density at radius 1 is 0.895 bits per heavy atom. The van der Waals surface area contributed by atoms with E-state index in [4.69, 9.17) is 0 Å². The first-order chi connectivity index (χ1) is 9.43. The van der Waals surface area contributed by atoms with Gasteiger partial charge in [-0.1, -0.05) is 50.3 Å². The number of nitrogens with one attached hydrogen (secondary N) is 1. The van der Waals surface area contributed by atoms with Gasteiger partial charge in [0, 0.05) is 17.6 Å². The smallest absolute Gasteiger partial charge is 0.0933 e. The second-order valence-corrected chi connectivity index (χ2v) is 5.57. The van der Waals surface area contributed by atoms with Crippen LogP contribution in [0.1, 0.15) is 44.9 Å². The van der Waals surface area contributed by atoms with E-state index in [1.165, 1.54) is 56.0 Å². The maximum Gasteiger partial charge on any atom is 0.0933 e. The fourth-order valence-electron chi connectivity index (χ4n) is 3.04. The molecule has 1 aliphatic rings. The fourth-order valence-corrected chi connectivity index (χ4v) is 3.04. The van der Waals surface area contributed by atoms with Gasteiger partial charge in [-0.25, -0.2) is 0 Å². The lowest BCUT2D eigenvalue weighted by Crippen LogP contribution is -2.20. The van der Waals surface area contributed by atoms with Gasteiger partial charge in [0.2, 0.25) is 0 Å². The number of rotatable bonds is 2. The van der Waals surface area contributed by atoms with Gasteiger partial charge >= 0.3 is 0 Å². The lowest BCUT2D eigenvalue weighted by atomic mass is 9.96. The molecular formula is C17H22N2. The third-order valence-electron chi connectivity index (χ3n) is 4.10. The fraction of sp³-hybridized carbons (Fsp3) is 0.471. The van der Waals surface area contributed by atoms with Crippen molar-refractivity contribution in [2.45, 2.75) is 51.0 Å². The van der Waals surface area contributed by atoms with Crippen LogP contribution in [0, 0.1) is 0 Å². The van der Waals surface area contributed by atoms with Crippen molar-refractivity contribution in [2.75, 3.05) is 5.32 Å². The van der Waals surface area contributed by atoms with E-state index in [1.54, 1.807) is 0 Å². The average molecular weight is 254 g/mol. The Bertz CT molecular complexity index is 522. The van der Waals surface area contributed by atoms with Crippen LogP contribution in [0.3, 0.4) is 0 Å². The first-order valence-corrected chi connectivity index (χ1v) is 7.54. The van der Waals surface area contributed by atoms with Crippen LogP contribution in [0.15, 0.2) is 36.5 Å². The predicted octanol–water partition coefficient (Wildman–Crippen LogP) is 4.76. The minimum Gasteiger partial charge on any atom is -0.381 e. The standard InChI is InChI=1S/C17H22N2/c1-2-4-10-15(11-5-3-1)19-16-12-6-8-14-9-7-13-18-17(14)16/h6-9,12-13,15,19H,1-5,10-11H2. The van der Waals surface area contributed by atoms with Crippen LogP contribution >= 0.6 is 0 Å². The maximum absolute atomic E-state index is 4.53. The van der Waals surface area contributed by atoms with Crippen LogP contribution in [0.4, 0.5) is 5.69 Å². The van der Waals surface area contributed by atoms with E-state index in [0.29, 0.717) is 6.04 Å². The number of anilines is 1. The van der Waals surface area contributed by atoms with Gasteiger partial charge in [0.15, 0.2) is 0 Å². The van der Waals surface area contributed by atoms with Crippen molar-refractivity contribution < 1.29 is 0 Å². The molecule has 2 nitrogen and oxygen atoms in total.